The number of amides is 1. The van der Waals surface area contributed by atoms with Gasteiger partial charge in [-0.25, -0.2) is 13.1 Å². The summed E-state index contributed by atoms with van der Waals surface area (Å²) in [4.78, 5) is 26.8. The number of rotatable bonds is 4. The van der Waals surface area contributed by atoms with Crippen LogP contribution < -0.4 is 4.72 Å². The zero-order chi connectivity index (χ0) is 18.2. The standard InChI is InChI=1S/C16H11ClN2O5S/c17-9-5-7-10(8-6-9)25(23,24)19-16(22)14(20)13-11-3-1-2-4-12(11)18-15(13)21/h1-8,18,21H,(H,19,22). The third kappa shape index (κ3) is 3.21. The number of aromatic nitrogens is 1. The van der Waals surface area contributed by atoms with Crippen molar-refractivity contribution in [2.24, 2.45) is 0 Å². The number of nitrogens with one attached hydrogen (secondary N) is 2. The van der Waals surface area contributed by atoms with E-state index in [2.05, 4.69) is 4.98 Å². The average molecular weight is 379 g/mol. The monoisotopic (exact) mass is 378 g/mol. The van der Waals surface area contributed by atoms with Crippen molar-refractivity contribution in [1.82, 2.24) is 9.71 Å². The number of aromatic amines is 1. The van der Waals surface area contributed by atoms with Crippen LogP contribution in [-0.2, 0) is 14.8 Å². The summed E-state index contributed by atoms with van der Waals surface area (Å²) in [6.45, 7) is 0. The van der Waals surface area contributed by atoms with E-state index in [4.69, 9.17) is 11.6 Å². The van der Waals surface area contributed by atoms with Gasteiger partial charge in [0.25, 0.3) is 15.8 Å². The average Bonchev–Trinajstić information content (AvgIpc) is 2.89. The smallest absolute Gasteiger partial charge is 0.306 e. The molecular formula is C16H11ClN2O5S. The first-order valence-corrected chi connectivity index (χ1v) is 8.82. The highest BCUT2D eigenvalue weighted by molar-refractivity contribution is 7.90. The molecule has 9 heteroatoms. The highest BCUT2D eigenvalue weighted by Gasteiger charge is 2.28. The molecule has 3 rings (SSSR count). The molecule has 0 saturated heterocycles. The minimum Gasteiger partial charge on any atom is -0.494 e. The number of aromatic hydroxyl groups is 1. The van der Waals surface area contributed by atoms with Crippen LogP contribution in [0.5, 0.6) is 5.88 Å². The fourth-order valence-electron chi connectivity index (χ4n) is 2.31. The molecule has 3 N–H and O–H groups in total. The number of Topliss-reactive ketones (excluding diaryl/α,β-unsaturated/α-hetero) is 1. The van der Waals surface area contributed by atoms with E-state index in [9.17, 15) is 23.1 Å². The number of ketones is 1. The zero-order valence-corrected chi connectivity index (χ0v) is 14.1. The molecule has 0 atom stereocenters. The lowest BCUT2D eigenvalue weighted by Gasteiger charge is -2.06. The van der Waals surface area contributed by atoms with Crippen LogP contribution >= 0.6 is 11.6 Å². The zero-order valence-electron chi connectivity index (χ0n) is 12.5. The Hall–Kier alpha value is -2.84. The fraction of sp³-hybridized carbons (Fsp3) is 0. The first-order chi connectivity index (χ1) is 11.8. The second kappa shape index (κ2) is 6.23. The van der Waals surface area contributed by atoms with E-state index in [1.165, 1.54) is 30.3 Å². The molecule has 25 heavy (non-hydrogen) atoms. The Balaban J connectivity index is 1.91. The van der Waals surface area contributed by atoms with Crippen molar-refractivity contribution < 1.29 is 23.1 Å². The summed E-state index contributed by atoms with van der Waals surface area (Å²) in [7, 11) is -4.25. The summed E-state index contributed by atoms with van der Waals surface area (Å²) >= 11 is 5.69. The van der Waals surface area contributed by atoms with Crippen molar-refractivity contribution in [3.05, 3.63) is 59.1 Å². The van der Waals surface area contributed by atoms with Gasteiger partial charge in [0.2, 0.25) is 5.88 Å². The summed E-state index contributed by atoms with van der Waals surface area (Å²) in [6, 6.07) is 11.5. The molecule has 0 fully saturated rings. The summed E-state index contributed by atoms with van der Waals surface area (Å²) in [5, 5.41) is 10.5. The van der Waals surface area contributed by atoms with Gasteiger partial charge in [0.05, 0.1) is 10.5 Å². The maximum atomic E-state index is 12.3. The lowest BCUT2D eigenvalue weighted by Crippen LogP contribution is -2.36. The molecule has 0 aliphatic carbocycles. The normalized spacial score (nSPS) is 11.4. The third-order valence-electron chi connectivity index (χ3n) is 3.47. The van der Waals surface area contributed by atoms with Crippen LogP contribution in [0.15, 0.2) is 53.4 Å². The number of hydrogen-bond acceptors (Lipinski definition) is 5. The van der Waals surface area contributed by atoms with Gasteiger partial charge in [-0.1, -0.05) is 29.8 Å². The summed E-state index contributed by atoms with van der Waals surface area (Å²) in [6.07, 6.45) is 0. The molecule has 2 aromatic carbocycles. The van der Waals surface area contributed by atoms with Crippen molar-refractivity contribution in [2.75, 3.05) is 0 Å². The van der Waals surface area contributed by atoms with Crippen molar-refractivity contribution >= 4 is 44.2 Å². The second-order valence-electron chi connectivity index (χ2n) is 5.11. The number of benzene rings is 2. The molecule has 128 valence electrons. The predicted molar refractivity (Wildman–Crippen MR) is 91.1 cm³/mol. The van der Waals surface area contributed by atoms with Gasteiger partial charge in [-0.05, 0) is 30.3 Å². The van der Waals surface area contributed by atoms with Gasteiger partial charge in [0.15, 0.2) is 0 Å². The summed E-state index contributed by atoms with van der Waals surface area (Å²) < 4.78 is 26.0. The van der Waals surface area contributed by atoms with E-state index < -0.39 is 27.6 Å². The Morgan fingerprint density at radius 3 is 2.36 bits per heavy atom. The third-order valence-corrected chi connectivity index (χ3v) is 5.07. The molecule has 0 bridgehead atoms. The number of para-hydroxylation sites is 1. The molecule has 0 aliphatic rings. The van der Waals surface area contributed by atoms with Crippen LogP contribution in [0.2, 0.25) is 5.02 Å². The Labute approximate surface area is 147 Å². The van der Waals surface area contributed by atoms with Crippen LogP contribution in [0, 0.1) is 0 Å². The number of sulfonamides is 1. The van der Waals surface area contributed by atoms with Crippen LogP contribution in [0.4, 0.5) is 0 Å². The van der Waals surface area contributed by atoms with Gasteiger partial charge in [0.1, 0.15) is 0 Å². The van der Waals surface area contributed by atoms with Crippen LogP contribution in [0.3, 0.4) is 0 Å². The van der Waals surface area contributed by atoms with E-state index in [-0.39, 0.29) is 10.5 Å². The molecule has 1 heterocycles. The number of fused-ring (bicyclic) bond motifs is 1. The molecule has 0 unspecified atom stereocenters. The molecule has 0 aliphatic heterocycles. The first kappa shape index (κ1) is 17.0. The van der Waals surface area contributed by atoms with E-state index >= 15 is 0 Å². The van der Waals surface area contributed by atoms with Gasteiger partial charge < -0.3 is 10.1 Å². The number of H-pyrrole nitrogens is 1. The Bertz CT molecular complexity index is 1090. The summed E-state index contributed by atoms with van der Waals surface area (Å²) in [5.41, 5.74) is 0.149. The van der Waals surface area contributed by atoms with Crippen LogP contribution in [0.1, 0.15) is 10.4 Å². The van der Waals surface area contributed by atoms with E-state index in [0.717, 1.165) is 0 Å². The van der Waals surface area contributed by atoms with Crippen molar-refractivity contribution in [3.8, 4) is 5.88 Å². The summed E-state index contributed by atoms with van der Waals surface area (Å²) in [5.74, 6) is -3.06. The quantitative estimate of drug-likeness (QED) is 0.475. The molecule has 1 aromatic heterocycles. The SMILES string of the molecule is O=C(NS(=O)(=O)c1ccc(Cl)cc1)C(=O)c1c(O)[nH]c2ccccc12. The molecule has 0 saturated carbocycles. The topological polar surface area (TPSA) is 116 Å². The largest absolute Gasteiger partial charge is 0.494 e. The number of hydrogen-bond donors (Lipinski definition) is 3. The van der Waals surface area contributed by atoms with Crippen LogP contribution in [-0.4, -0.2) is 30.2 Å². The van der Waals surface area contributed by atoms with E-state index in [1.54, 1.807) is 22.9 Å². The number of carbonyl (C=O) groups excluding carboxylic acids is 2. The highest BCUT2D eigenvalue weighted by Crippen LogP contribution is 2.27. The molecule has 1 amide bonds. The van der Waals surface area contributed by atoms with Gasteiger partial charge in [-0.3, -0.25) is 9.59 Å². The first-order valence-electron chi connectivity index (χ1n) is 6.96. The Morgan fingerprint density at radius 2 is 1.68 bits per heavy atom. The fourth-order valence-corrected chi connectivity index (χ4v) is 3.39. The lowest BCUT2D eigenvalue weighted by atomic mass is 10.1. The maximum absolute atomic E-state index is 12.3. The molecule has 7 nitrogen and oxygen atoms in total. The van der Waals surface area contributed by atoms with Crippen LogP contribution in [0.25, 0.3) is 10.9 Å². The Morgan fingerprint density at radius 1 is 1.04 bits per heavy atom. The Kier molecular flexibility index (Phi) is 4.23. The van der Waals surface area contributed by atoms with E-state index in [0.29, 0.717) is 15.9 Å². The second-order valence-corrected chi connectivity index (χ2v) is 7.23. The predicted octanol–water partition coefficient (Wildman–Crippen LogP) is 2.21. The highest BCUT2D eigenvalue weighted by atomic mass is 35.5. The molecule has 0 spiro atoms. The maximum Gasteiger partial charge on any atom is 0.306 e. The number of carbonyl (C=O) groups is 2. The minimum absolute atomic E-state index is 0.221. The van der Waals surface area contributed by atoms with Gasteiger partial charge in [-0.2, -0.15) is 0 Å². The van der Waals surface area contributed by atoms with E-state index in [1.807, 2.05) is 0 Å². The lowest BCUT2D eigenvalue weighted by molar-refractivity contribution is -0.115. The minimum atomic E-state index is -4.25. The van der Waals surface area contributed by atoms with Crippen molar-refractivity contribution in [3.63, 3.8) is 0 Å². The van der Waals surface area contributed by atoms with Crippen molar-refractivity contribution in [2.45, 2.75) is 4.90 Å². The van der Waals surface area contributed by atoms with Crippen molar-refractivity contribution in [1.29, 1.82) is 0 Å². The van der Waals surface area contributed by atoms with Gasteiger partial charge in [0, 0.05) is 15.9 Å². The molecular weight excluding hydrogens is 368 g/mol. The van der Waals surface area contributed by atoms with Gasteiger partial charge in [-0.15, -0.1) is 0 Å². The number of halogens is 1. The molecule has 3 aromatic rings. The van der Waals surface area contributed by atoms with Gasteiger partial charge >= 0.3 is 5.91 Å². The molecule has 0 radical (unpaired) electrons.